The third kappa shape index (κ3) is 1.42. The second kappa shape index (κ2) is 3.74. The zero-order valence-electron chi connectivity index (χ0n) is 8.85. The summed E-state index contributed by atoms with van der Waals surface area (Å²) in [5, 5.41) is 0.801. The lowest BCUT2D eigenvalue weighted by molar-refractivity contribution is 0.667. The molecule has 16 heavy (non-hydrogen) atoms. The van der Waals surface area contributed by atoms with Crippen LogP contribution < -0.4 is 5.43 Å². The number of halogens is 1. The van der Waals surface area contributed by atoms with Gasteiger partial charge in [-0.2, -0.15) is 0 Å². The number of rotatable bonds is 0. The molecular formula is C13H12BrNO. The summed E-state index contributed by atoms with van der Waals surface area (Å²) in [5.41, 5.74) is 3.28. The minimum absolute atomic E-state index is 0.213. The number of nitrogens with one attached hydrogen (secondary N) is 1. The molecule has 0 unspecified atom stereocenters. The second-order valence-corrected chi connectivity index (χ2v) is 5.14. The molecule has 0 saturated carbocycles. The first-order valence-electron chi connectivity index (χ1n) is 5.59. The molecule has 0 amide bonds. The van der Waals surface area contributed by atoms with E-state index in [1.807, 2.05) is 18.2 Å². The van der Waals surface area contributed by atoms with Gasteiger partial charge in [0, 0.05) is 21.1 Å². The van der Waals surface area contributed by atoms with Crippen molar-refractivity contribution in [3.05, 3.63) is 44.2 Å². The van der Waals surface area contributed by atoms with Crippen molar-refractivity contribution in [1.82, 2.24) is 4.98 Å². The topological polar surface area (TPSA) is 32.9 Å². The summed E-state index contributed by atoms with van der Waals surface area (Å²) in [7, 11) is 0. The Morgan fingerprint density at radius 3 is 2.88 bits per heavy atom. The molecule has 82 valence electrons. The van der Waals surface area contributed by atoms with Crippen LogP contribution in [0, 0.1) is 0 Å². The van der Waals surface area contributed by atoms with E-state index < -0.39 is 0 Å². The molecule has 1 aromatic heterocycles. The van der Waals surface area contributed by atoms with Crippen molar-refractivity contribution in [2.45, 2.75) is 25.7 Å². The fourth-order valence-electron chi connectivity index (χ4n) is 2.45. The Balaban J connectivity index is 2.44. The van der Waals surface area contributed by atoms with Gasteiger partial charge < -0.3 is 4.98 Å². The molecule has 0 bridgehead atoms. The fourth-order valence-corrected chi connectivity index (χ4v) is 2.91. The maximum absolute atomic E-state index is 12.3. The summed E-state index contributed by atoms with van der Waals surface area (Å²) in [4.78, 5) is 15.7. The van der Waals surface area contributed by atoms with Crippen LogP contribution in [0.3, 0.4) is 0 Å². The number of aromatic nitrogens is 1. The Labute approximate surface area is 102 Å². The van der Waals surface area contributed by atoms with Crippen LogP contribution in [0.25, 0.3) is 10.9 Å². The number of pyridine rings is 1. The van der Waals surface area contributed by atoms with E-state index in [0.717, 1.165) is 45.9 Å². The molecule has 1 aliphatic rings. The molecule has 0 aliphatic heterocycles. The van der Waals surface area contributed by atoms with Crippen LogP contribution >= 0.6 is 15.9 Å². The smallest absolute Gasteiger partial charge is 0.192 e. The SMILES string of the molecule is O=c1c2c([nH]c3c(Br)cccc13)CCCC2. The number of aromatic amines is 1. The number of fused-ring (bicyclic) bond motifs is 2. The van der Waals surface area contributed by atoms with Crippen LogP contribution in [0.15, 0.2) is 27.5 Å². The fraction of sp³-hybridized carbons (Fsp3) is 0.308. The maximum Gasteiger partial charge on any atom is 0.192 e. The number of aryl methyl sites for hydroxylation is 1. The Morgan fingerprint density at radius 2 is 2.00 bits per heavy atom. The minimum atomic E-state index is 0.213. The summed E-state index contributed by atoms with van der Waals surface area (Å²) in [5.74, 6) is 0. The van der Waals surface area contributed by atoms with E-state index in [-0.39, 0.29) is 5.43 Å². The molecule has 1 heterocycles. The molecule has 0 spiro atoms. The molecule has 3 rings (SSSR count). The Kier molecular flexibility index (Phi) is 2.36. The highest BCUT2D eigenvalue weighted by Crippen LogP contribution is 2.24. The van der Waals surface area contributed by atoms with Crippen molar-refractivity contribution in [2.75, 3.05) is 0 Å². The van der Waals surface area contributed by atoms with Gasteiger partial charge in [-0.25, -0.2) is 0 Å². The second-order valence-electron chi connectivity index (χ2n) is 4.28. The Hall–Kier alpha value is -1.09. The van der Waals surface area contributed by atoms with Crippen LogP contribution in [0.4, 0.5) is 0 Å². The van der Waals surface area contributed by atoms with Crippen LogP contribution in [-0.2, 0) is 12.8 Å². The molecule has 1 aromatic carbocycles. The monoisotopic (exact) mass is 277 g/mol. The summed E-state index contributed by atoms with van der Waals surface area (Å²) in [6.07, 6.45) is 4.24. The van der Waals surface area contributed by atoms with E-state index in [1.165, 1.54) is 6.42 Å². The molecule has 2 aromatic rings. The van der Waals surface area contributed by atoms with Crippen molar-refractivity contribution < 1.29 is 0 Å². The number of para-hydroxylation sites is 1. The van der Waals surface area contributed by atoms with E-state index in [2.05, 4.69) is 20.9 Å². The molecule has 2 nitrogen and oxygen atoms in total. The van der Waals surface area contributed by atoms with E-state index in [4.69, 9.17) is 0 Å². The van der Waals surface area contributed by atoms with Gasteiger partial charge >= 0.3 is 0 Å². The normalized spacial score (nSPS) is 15.1. The van der Waals surface area contributed by atoms with Gasteiger partial charge in [-0.3, -0.25) is 4.79 Å². The lowest BCUT2D eigenvalue weighted by atomic mass is 9.94. The predicted octanol–water partition coefficient (Wildman–Crippen LogP) is 3.17. The van der Waals surface area contributed by atoms with Crippen molar-refractivity contribution in [3.63, 3.8) is 0 Å². The molecule has 0 radical (unpaired) electrons. The molecule has 3 heteroatoms. The van der Waals surface area contributed by atoms with Crippen molar-refractivity contribution in [2.24, 2.45) is 0 Å². The van der Waals surface area contributed by atoms with Crippen molar-refractivity contribution in [3.8, 4) is 0 Å². The number of H-pyrrole nitrogens is 1. The van der Waals surface area contributed by atoms with Crippen LogP contribution in [0.1, 0.15) is 24.1 Å². The highest BCUT2D eigenvalue weighted by molar-refractivity contribution is 9.10. The Bertz CT molecular complexity index is 615. The van der Waals surface area contributed by atoms with Gasteiger partial charge in [-0.1, -0.05) is 6.07 Å². The summed E-state index contributed by atoms with van der Waals surface area (Å²) < 4.78 is 0.968. The van der Waals surface area contributed by atoms with Gasteiger partial charge in [0.2, 0.25) is 0 Å². The molecular weight excluding hydrogens is 266 g/mol. The highest BCUT2D eigenvalue weighted by Gasteiger charge is 2.16. The van der Waals surface area contributed by atoms with Crippen molar-refractivity contribution >= 4 is 26.8 Å². The average molecular weight is 278 g/mol. The third-order valence-corrected chi connectivity index (χ3v) is 3.94. The zero-order valence-corrected chi connectivity index (χ0v) is 10.4. The van der Waals surface area contributed by atoms with Gasteiger partial charge in [0.05, 0.1) is 5.52 Å². The number of benzene rings is 1. The first-order valence-corrected chi connectivity index (χ1v) is 6.39. The molecule has 0 atom stereocenters. The summed E-state index contributed by atoms with van der Waals surface area (Å²) in [6.45, 7) is 0. The maximum atomic E-state index is 12.3. The van der Waals surface area contributed by atoms with E-state index in [1.54, 1.807) is 0 Å². The third-order valence-electron chi connectivity index (χ3n) is 3.28. The van der Waals surface area contributed by atoms with Crippen LogP contribution in [-0.4, -0.2) is 4.98 Å². The molecule has 1 aliphatic carbocycles. The van der Waals surface area contributed by atoms with Gasteiger partial charge in [-0.15, -0.1) is 0 Å². The van der Waals surface area contributed by atoms with E-state index >= 15 is 0 Å². The quantitative estimate of drug-likeness (QED) is 0.788. The largest absolute Gasteiger partial charge is 0.357 e. The van der Waals surface area contributed by atoms with Gasteiger partial charge in [0.25, 0.3) is 0 Å². The van der Waals surface area contributed by atoms with Crippen LogP contribution in [0.5, 0.6) is 0 Å². The van der Waals surface area contributed by atoms with E-state index in [9.17, 15) is 4.79 Å². The lowest BCUT2D eigenvalue weighted by Crippen LogP contribution is -2.18. The Morgan fingerprint density at radius 1 is 1.19 bits per heavy atom. The first-order chi connectivity index (χ1) is 7.77. The summed E-state index contributed by atoms with van der Waals surface area (Å²) in [6, 6.07) is 5.78. The van der Waals surface area contributed by atoms with Gasteiger partial charge in [-0.05, 0) is 53.7 Å². The first kappa shape index (κ1) is 10.1. The molecule has 1 N–H and O–H groups in total. The van der Waals surface area contributed by atoms with Crippen molar-refractivity contribution in [1.29, 1.82) is 0 Å². The lowest BCUT2D eigenvalue weighted by Gasteiger charge is -2.16. The minimum Gasteiger partial charge on any atom is -0.357 e. The zero-order chi connectivity index (χ0) is 11.1. The standard InChI is InChI=1S/C13H12BrNO/c14-10-6-3-5-9-12(10)15-11-7-2-1-4-8(11)13(9)16/h3,5-6H,1-2,4,7H2,(H,15,16). The highest BCUT2D eigenvalue weighted by atomic mass is 79.9. The van der Waals surface area contributed by atoms with Gasteiger partial charge in [0.1, 0.15) is 0 Å². The molecule has 0 saturated heterocycles. The van der Waals surface area contributed by atoms with Gasteiger partial charge in [0.15, 0.2) is 5.43 Å². The summed E-state index contributed by atoms with van der Waals surface area (Å²) >= 11 is 3.49. The van der Waals surface area contributed by atoms with Crippen LogP contribution in [0.2, 0.25) is 0 Å². The number of hydrogen-bond donors (Lipinski definition) is 1. The average Bonchev–Trinajstić information content (AvgIpc) is 2.31. The van der Waals surface area contributed by atoms with E-state index in [0.29, 0.717) is 0 Å². The number of hydrogen-bond acceptors (Lipinski definition) is 1. The predicted molar refractivity (Wildman–Crippen MR) is 68.9 cm³/mol. The molecule has 0 fully saturated rings.